The molecular weight excluding hydrogens is 251 g/mol. The number of carbonyl (C=O) groups is 1. The van der Waals surface area contributed by atoms with Gasteiger partial charge in [0.2, 0.25) is 0 Å². The van der Waals surface area contributed by atoms with E-state index in [9.17, 15) is 9.18 Å². The first-order valence-electron chi connectivity index (χ1n) is 5.87. The highest BCUT2D eigenvalue weighted by Crippen LogP contribution is 2.39. The number of benzene rings is 1. The lowest BCUT2D eigenvalue weighted by atomic mass is 10.0. The molecule has 1 aromatic carbocycles. The van der Waals surface area contributed by atoms with E-state index in [2.05, 4.69) is 5.10 Å². The zero-order valence-electron chi connectivity index (χ0n) is 10.2. The summed E-state index contributed by atoms with van der Waals surface area (Å²) in [7, 11) is 0. The first-order chi connectivity index (χ1) is 9.11. The number of hydrogen-bond acceptors (Lipinski definition) is 3. The molecule has 0 saturated carbocycles. The van der Waals surface area contributed by atoms with E-state index in [1.54, 1.807) is 10.7 Å². The van der Waals surface area contributed by atoms with Crippen LogP contribution < -0.4 is 4.74 Å². The van der Waals surface area contributed by atoms with Crippen molar-refractivity contribution in [2.45, 2.75) is 20.1 Å². The molecule has 1 N–H and O–H groups in total. The Morgan fingerprint density at radius 1 is 1.58 bits per heavy atom. The van der Waals surface area contributed by atoms with Crippen molar-refractivity contribution >= 4 is 5.97 Å². The van der Waals surface area contributed by atoms with Gasteiger partial charge in [0.05, 0.1) is 11.3 Å². The van der Waals surface area contributed by atoms with Crippen LogP contribution in [0.15, 0.2) is 18.2 Å². The summed E-state index contributed by atoms with van der Waals surface area (Å²) in [5, 5.41) is 13.2. The van der Waals surface area contributed by atoms with E-state index in [-0.39, 0.29) is 12.3 Å². The Morgan fingerprint density at radius 3 is 3.05 bits per heavy atom. The number of ether oxygens (including phenoxy) is 1. The quantitative estimate of drug-likeness (QED) is 0.901. The van der Waals surface area contributed by atoms with Crippen LogP contribution in [0, 0.1) is 5.82 Å². The molecule has 3 rings (SSSR count). The topological polar surface area (TPSA) is 64.4 Å². The van der Waals surface area contributed by atoms with Gasteiger partial charge in [-0.25, -0.2) is 9.18 Å². The van der Waals surface area contributed by atoms with Crippen molar-refractivity contribution in [2.75, 3.05) is 0 Å². The molecule has 2 heterocycles. The lowest BCUT2D eigenvalue weighted by Gasteiger charge is -2.19. The highest BCUT2D eigenvalue weighted by Gasteiger charge is 2.29. The van der Waals surface area contributed by atoms with Gasteiger partial charge in [-0.3, -0.25) is 4.68 Å². The minimum Gasteiger partial charge on any atom is -0.488 e. The number of aromatic carboxylic acids is 1. The first-order valence-corrected chi connectivity index (χ1v) is 5.87. The molecule has 0 unspecified atom stereocenters. The normalized spacial score (nSPS) is 12.5. The number of carboxylic acid groups (broad SMARTS) is 1. The molecule has 1 aliphatic rings. The Balaban J connectivity index is 2.30. The summed E-state index contributed by atoms with van der Waals surface area (Å²) >= 11 is 0. The van der Waals surface area contributed by atoms with Gasteiger partial charge in [-0.05, 0) is 25.1 Å². The molecule has 6 heteroatoms. The number of hydrogen-bond donors (Lipinski definition) is 1. The SMILES string of the molecule is CCn1nc(C(=O)O)c2c1-c1cc(F)ccc1OC2. The lowest BCUT2D eigenvalue weighted by Crippen LogP contribution is -2.10. The first kappa shape index (κ1) is 11.7. The van der Waals surface area contributed by atoms with Crippen molar-refractivity contribution in [3.63, 3.8) is 0 Å². The average Bonchev–Trinajstić information content (AvgIpc) is 2.77. The van der Waals surface area contributed by atoms with Crippen LogP contribution in [0.5, 0.6) is 5.75 Å². The van der Waals surface area contributed by atoms with Gasteiger partial charge in [0, 0.05) is 12.1 Å². The number of aromatic nitrogens is 2. The van der Waals surface area contributed by atoms with Crippen LogP contribution in [0.4, 0.5) is 4.39 Å². The van der Waals surface area contributed by atoms with Crippen molar-refractivity contribution in [2.24, 2.45) is 0 Å². The minimum absolute atomic E-state index is 0.0354. The highest BCUT2D eigenvalue weighted by molar-refractivity contribution is 5.90. The third-order valence-corrected chi connectivity index (χ3v) is 3.12. The molecule has 0 spiro atoms. The second-order valence-electron chi connectivity index (χ2n) is 4.23. The molecule has 0 atom stereocenters. The fourth-order valence-electron chi connectivity index (χ4n) is 2.30. The molecule has 0 aliphatic carbocycles. The van der Waals surface area contributed by atoms with Crippen LogP contribution in [0.3, 0.4) is 0 Å². The van der Waals surface area contributed by atoms with Gasteiger partial charge in [-0.1, -0.05) is 0 Å². The van der Waals surface area contributed by atoms with Crippen LogP contribution >= 0.6 is 0 Å². The van der Waals surface area contributed by atoms with Gasteiger partial charge in [-0.2, -0.15) is 5.10 Å². The Morgan fingerprint density at radius 2 is 2.37 bits per heavy atom. The standard InChI is InChI=1S/C13H11FN2O3/c1-2-16-12-8-5-7(14)3-4-10(8)19-6-9(12)11(15-16)13(17)18/h3-5H,2,6H2,1H3,(H,17,18). The van der Waals surface area contributed by atoms with Crippen LogP contribution in [0.1, 0.15) is 23.0 Å². The Hall–Kier alpha value is -2.37. The van der Waals surface area contributed by atoms with Gasteiger partial charge in [-0.15, -0.1) is 0 Å². The molecule has 0 saturated heterocycles. The van der Waals surface area contributed by atoms with Crippen molar-refractivity contribution in [3.05, 3.63) is 35.3 Å². The number of carboxylic acids is 1. The molecule has 5 nitrogen and oxygen atoms in total. The van der Waals surface area contributed by atoms with Crippen LogP contribution in [0.25, 0.3) is 11.3 Å². The Kier molecular flexibility index (Phi) is 2.51. The molecule has 1 aliphatic heterocycles. The molecule has 0 bridgehead atoms. The summed E-state index contributed by atoms with van der Waals surface area (Å²) in [6.45, 7) is 2.49. The maximum atomic E-state index is 13.4. The van der Waals surface area contributed by atoms with Gasteiger partial charge < -0.3 is 9.84 Å². The Labute approximate surface area is 108 Å². The van der Waals surface area contributed by atoms with E-state index in [1.165, 1.54) is 12.1 Å². The number of fused-ring (bicyclic) bond motifs is 3. The van der Waals surface area contributed by atoms with Crippen molar-refractivity contribution < 1.29 is 19.0 Å². The summed E-state index contributed by atoms with van der Waals surface area (Å²) in [6.07, 6.45) is 0. The van der Waals surface area contributed by atoms with Gasteiger partial charge >= 0.3 is 5.97 Å². The van der Waals surface area contributed by atoms with Gasteiger partial charge in [0.25, 0.3) is 0 Å². The van der Waals surface area contributed by atoms with E-state index in [1.807, 2.05) is 6.92 Å². The summed E-state index contributed by atoms with van der Waals surface area (Å²) in [4.78, 5) is 11.2. The van der Waals surface area contributed by atoms with Gasteiger partial charge in [0.1, 0.15) is 18.2 Å². The third kappa shape index (κ3) is 1.68. The average molecular weight is 262 g/mol. The number of halogens is 1. The van der Waals surface area contributed by atoms with Gasteiger partial charge in [0.15, 0.2) is 5.69 Å². The van der Waals surface area contributed by atoms with Crippen LogP contribution in [-0.2, 0) is 13.2 Å². The monoisotopic (exact) mass is 262 g/mol. The van der Waals surface area contributed by atoms with E-state index in [0.717, 1.165) is 0 Å². The smallest absolute Gasteiger partial charge is 0.356 e. The summed E-state index contributed by atoms with van der Waals surface area (Å²) < 4.78 is 20.4. The zero-order valence-corrected chi connectivity index (χ0v) is 10.2. The second-order valence-corrected chi connectivity index (χ2v) is 4.23. The lowest BCUT2D eigenvalue weighted by molar-refractivity contribution is 0.0686. The van der Waals surface area contributed by atoms with Crippen molar-refractivity contribution in [3.8, 4) is 17.0 Å². The predicted molar refractivity (Wildman–Crippen MR) is 64.6 cm³/mol. The molecular formula is C13H11FN2O3. The summed E-state index contributed by atoms with van der Waals surface area (Å²) in [5.41, 5.74) is 1.63. The maximum Gasteiger partial charge on any atom is 0.356 e. The second kappa shape index (κ2) is 4.08. The molecule has 98 valence electrons. The van der Waals surface area contributed by atoms with Crippen molar-refractivity contribution in [1.82, 2.24) is 9.78 Å². The van der Waals surface area contributed by atoms with E-state index in [0.29, 0.717) is 29.1 Å². The molecule has 0 radical (unpaired) electrons. The minimum atomic E-state index is -1.10. The van der Waals surface area contributed by atoms with Crippen LogP contribution in [-0.4, -0.2) is 20.9 Å². The maximum absolute atomic E-state index is 13.4. The third-order valence-electron chi connectivity index (χ3n) is 3.12. The van der Waals surface area contributed by atoms with Crippen LogP contribution in [0.2, 0.25) is 0 Å². The molecule has 1 aromatic heterocycles. The summed E-state index contributed by atoms with van der Waals surface area (Å²) in [5.74, 6) is -0.955. The van der Waals surface area contributed by atoms with E-state index >= 15 is 0 Å². The number of aryl methyl sites for hydroxylation is 1. The largest absolute Gasteiger partial charge is 0.488 e. The number of rotatable bonds is 2. The molecule has 0 amide bonds. The fraction of sp³-hybridized carbons (Fsp3) is 0.231. The van der Waals surface area contributed by atoms with E-state index < -0.39 is 11.8 Å². The Bertz CT molecular complexity index is 679. The fourth-order valence-corrected chi connectivity index (χ4v) is 2.30. The molecule has 0 fully saturated rings. The highest BCUT2D eigenvalue weighted by atomic mass is 19.1. The summed E-state index contributed by atoms with van der Waals surface area (Å²) in [6, 6.07) is 4.20. The molecule has 2 aromatic rings. The number of nitrogens with zero attached hydrogens (tertiary/aromatic N) is 2. The predicted octanol–water partition coefficient (Wildman–Crippen LogP) is 2.30. The molecule has 19 heavy (non-hydrogen) atoms. The van der Waals surface area contributed by atoms with Crippen molar-refractivity contribution in [1.29, 1.82) is 0 Å². The van der Waals surface area contributed by atoms with E-state index in [4.69, 9.17) is 9.84 Å². The zero-order chi connectivity index (χ0) is 13.6.